The maximum Gasteiger partial charge on any atom is 0.0113 e. The Kier molecular flexibility index (Phi) is 5.12. The molecular formula is C9H19N2. The molecule has 0 amide bonds. The number of rotatable bonds is 5. The molecule has 0 bridgehead atoms. The molecular weight excluding hydrogens is 136 g/mol. The van der Waals surface area contributed by atoms with Gasteiger partial charge >= 0.3 is 0 Å². The van der Waals surface area contributed by atoms with E-state index in [0.717, 1.165) is 25.0 Å². The molecule has 0 aromatic rings. The predicted octanol–water partition coefficient (Wildman–Crippen LogP) is 1.96. The number of hydrogen-bond acceptors (Lipinski definition) is 2. The summed E-state index contributed by atoms with van der Waals surface area (Å²) in [6.45, 7) is 5.86. The first kappa shape index (κ1) is 10.6. The van der Waals surface area contributed by atoms with Crippen LogP contribution in [-0.2, 0) is 0 Å². The first-order valence-corrected chi connectivity index (χ1v) is 4.10. The van der Waals surface area contributed by atoms with Crippen molar-refractivity contribution >= 4 is 5.71 Å². The lowest BCUT2D eigenvalue weighted by molar-refractivity contribution is 0.320. The zero-order chi connectivity index (χ0) is 8.85. The molecule has 0 fully saturated rings. The fourth-order valence-electron chi connectivity index (χ4n) is 0.855. The van der Waals surface area contributed by atoms with E-state index in [1.807, 2.05) is 14.1 Å². The molecule has 11 heavy (non-hydrogen) atoms. The fourth-order valence-corrected chi connectivity index (χ4v) is 0.855. The van der Waals surface area contributed by atoms with Crippen molar-refractivity contribution in [2.24, 2.45) is 0 Å². The Morgan fingerprint density at radius 3 is 2.45 bits per heavy atom. The van der Waals surface area contributed by atoms with Gasteiger partial charge in [0.2, 0.25) is 0 Å². The van der Waals surface area contributed by atoms with E-state index < -0.39 is 0 Å². The molecule has 0 spiro atoms. The first-order chi connectivity index (χ1) is 5.07. The highest BCUT2D eigenvalue weighted by Gasteiger charge is 2.06. The largest absolute Gasteiger partial charge is 0.310 e. The summed E-state index contributed by atoms with van der Waals surface area (Å²) in [7, 11) is 4.09. The normalized spacial score (nSPS) is 13.5. The molecule has 2 heteroatoms. The molecule has 0 heterocycles. The van der Waals surface area contributed by atoms with Crippen LogP contribution in [0.2, 0.25) is 0 Å². The van der Waals surface area contributed by atoms with E-state index in [1.54, 1.807) is 0 Å². The Balaban J connectivity index is 3.57. The third-order valence-electron chi connectivity index (χ3n) is 1.90. The van der Waals surface area contributed by atoms with Crippen LogP contribution in [-0.4, -0.2) is 30.7 Å². The minimum atomic E-state index is 0.481. The van der Waals surface area contributed by atoms with Crippen molar-refractivity contribution in [1.82, 2.24) is 4.90 Å². The highest BCUT2D eigenvalue weighted by Crippen LogP contribution is 2.02. The van der Waals surface area contributed by atoms with Gasteiger partial charge < -0.3 is 10.3 Å². The van der Waals surface area contributed by atoms with Gasteiger partial charge in [0, 0.05) is 18.2 Å². The van der Waals surface area contributed by atoms with Crippen LogP contribution in [0.4, 0.5) is 0 Å². The number of hydrogen-bond donors (Lipinski definition) is 1. The highest BCUT2D eigenvalue weighted by atomic mass is 15.1. The van der Waals surface area contributed by atoms with Crippen LogP contribution in [0.5, 0.6) is 0 Å². The summed E-state index contributed by atoms with van der Waals surface area (Å²) in [5.74, 6) is 0. The van der Waals surface area contributed by atoms with Crippen LogP contribution < -0.4 is 0 Å². The maximum atomic E-state index is 7.55. The van der Waals surface area contributed by atoms with Gasteiger partial charge in [0.15, 0.2) is 0 Å². The quantitative estimate of drug-likeness (QED) is 0.604. The minimum Gasteiger partial charge on any atom is -0.310 e. The Labute approximate surface area is 70.1 Å². The van der Waals surface area contributed by atoms with Crippen LogP contribution in [0.15, 0.2) is 0 Å². The van der Waals surface area contributed by atoms with Gasteiger partial charge in [0.05, 0.1) is 0 Å². The lowest BCUT2D eigenvalue weighted by atomic mass is 10.1. The third kappa shape index (κ3) is 4.96. The molecule has 0 rings (SSSR count). The lowest BCUT2D eigenvalue weighted by Gasteiger charge is -2.19. The van der Waals surface area contributed by atoms with E-state index >= 15 is 0 Å². The molecule has 1 atom stereocenters. The van der Waals surface area contributed by atoms with Crippen LogP contribution >= 0.6 is 0 Å². The monoisotopic (exact) mass is 155 g/mol. The Hall–Kier alpha value is -0.370. The highest BCUT2D eigenvalue weighted by molar-refractivity contribution is 5.81. The van der Waals surface area contributed by atoms with Crippen LogP contribution in [0.1, 0.15) is 26.2 Å². The summed E-state index contributed by atoms with van der Waals surface area (Å²) in [4.78, 5) is 2.14. The third-order valence-corrected chi connectivity index (χ3v) is 1.90. The second-order valence-corrected chi connectivity index (χ2v) is 3.22. The van der Waals surface area contributed by atoms with Gasteiger partial charge in [0.25, 0.3) is 0 Å². The first-order valence-electron chi connectivity index (χ1n) is 4.10. The minimum absolute atomic E-state index is 0.481. The summed E-state index contributed by atoms with van der Waals surface area (Å²) in [5.41, 5.74) is 0.821. The average molecular weight is 155 g/mol. The standard InChI is InChI=1S/C9H19N2/c1-5-6-9(10)7-8(2)11(3)4/h8,10H,1,5-7H2,2-4H3/t8-/m0/s1. The topological polar surface area (TPSA) is 27.1 Å². The molecule has 65 valence electrons. The van der Waals surface area contributed by atoms with Crippen molar-refractivity contribution in [1.29, 1.82) is 5.41 Å². The van der Waals surface area contributed by atoms with Gasteiger partial charge in [-0.15, -0.1) is 0 Å². The summed E-state index contributed by atoms with van der Waals surface area (Å²) < 4.78 is 0. The van der Waals surface area contributed by atoms with Crippen LogP contribution in [0.3, 0.4) is 0 Å². The molecule has 0 aromatic carbocycles. The van der Waals surface area contributed by atoms with E-state index in [-0.39, 0.29) is 0 Å². The van der Waals surface area contributed by atoms with E-state index in [2.05, 4.69) is 18.7 Å². The Morgan fingerprint density at radius 1 is 1.55 bits per heavy atom. The molecule has 0 aliphatic heterocycles. The van der Waals surface area contributed by atoms with E-state index in [0.29, 0.717) is 6.04 Å². The van der Waals surface area contributed by atoms with Crippen molar-refractivity contribution in [2.45, 2.75) is 32.2 Å². The molecule has 0 aliphatic rings. The number of nitrogens with zero attached hydrogens (tertiary/aromatic N) is 1. The second-order valence-electron chi connectivity index (χ2n) is 3.22. The molecule has 0 saturated heterocycles. The van der Waals surface area contributed by atoms with Gasteiger partial charge in [-0.2, -0.15) is 0 Å². The molecule has 0 aliphatic carbocycles. The molecule has 2 nitrogen and oxygen atoms in total. The van der Waals surface area contributed by atoms with E-state index in [4.69, 9.17) is 5.41 Å². The lowest BCUT2D eigenvalue weighted by Crippen LogP contribution is -2.26. The summed E-state index contributed by atoms with van der Waals surface area (Å²) >= 11 is 0. The summed E-state index contributed by atoms with van der Waals surface area (Å²) in [6.07, 6.45) is 2.57. The predicted molar refractivity (Wildman–Crippen MR) is 50.1 cm³/mol. The van der Waals surface area contributed by atoms with E-state index in [9.17, 15) is 0 Å². The van der Waals surface area contributed by atoms with Gasteiger partial charge in [-0.1, -0.05) is 6.92 Å². The average Bonchev–Trinajstić information content (AvgIpc) is 1.87. The SMILES string of the molecule is [CH2]CCC(=N)C[C@H](C)N(C)C. The molecule has 1 radical (unpaired) electrons. The molecule has 0 saturated carbocycles. The van der Waals surface area contributed by atoms with Gasteiger partial charge in [0.1, 0.15) is 0 Å². The zero-order valence-corrected chi connectivity index (χ0v) is 7.85. The summed E-state index contributed by atoms with van der Waals surface area (Å²) in [6, 6.07) is 0.481. The van der Waals surface area contributed by atoms with Crippen molar-refractivity contribution in [3.05, 3.63) is 6.92 Å². The molecule has 0 aromatic heterocycles. The smallest absolute Gasteiger partial charge is 0.0113 e. The second kappa shape index (κ2) is 5.30. The van der Waals surface area contributed by atoms with Crippen molar-refractivity contribution in [3.8, 4) is 0 Å². The Morgan fingerprint density at radius 2 is 2.09 bits per heavy atom. The van der Waals surface area contributed by atoms with Gasteiger partial charge in [-0.25, -0.2) is 0 Å². The van der Waals surface area contributed by atoms with Crippen molar-refractivity contribution < 1.29 is 0 Å². The van der Waals surface area contributed by atoms with Gasteiger partial charge in [-0.3, -0.25) is 0 Å². The maximum absolute atomic E-state index is 7.55. The van der Waals surface area contributed by atoms with Crippen LogP contribution in [0, 0.1) is 12.3 Å². The van der Waals surface area contributed by atoms with Gasteiger partial charge in [-0.05, 0) is 33.9 Å². The molecule has 1 N–H and O–H groups in total. The van der Waals surface area contributed by atoms with E-state index in [1.165, 1.54) is 0 Å². The molecule has 0 unspecified atom stereocenters. The fraction of sp³-hybridized carbons (Fsp3) is 0.778. The number of nitrogens with one attached hydrogen (secondary N) is 1. The Bertz CT molecular complexity index is 119. The van der Waals surface area contributed by atoms with Crippen LogP contribution in [0.25, 0.3) is 0 Å². The zero-order valence-electron chi connectivity index (χ0n) is 7.85. The summed E-state index contributed by atoms with van der Waals surface area (Å²) in [5, 5.41) is 7.55. The van der Waals surface area contributed by atoms with Crippen molar-refractivity contribution in [2.75, 3.05) is 14.1 Å². The van der Waals surface area contributed by atoms with Crippen molar-refractivity contribution in [3.63, 3.8) is 0 Å².